The molecule has 88 valence electrons. The van der Waals surface area contributed by atoms with Crippen molar-refractivity contribution in [3.8, 4) is 0 Å². The van der Waals surface area contributed by atoms with Crippen molar-refractivity contribution in [1.29, 1.82) is 0 Å². The van der Waals surface area contributed by atoms with Gasteiger partial charge < -0.3 is 10.8 Å². The molecular weight excluding hydrogens is 274 g/mol. The van der Waals surface area contributed by atoms with Crippen LogP contribution in [0.2, 0.25) is 0 Å². The number of nitrogens with zero attached hydrogens (tertiary/aromatic N) is 1. The Hall–Kier alpha value is -0.880. The maximum atomic E-state index is 11.5. The quantitative estimate of drug-likeness (QED) is 0.767. The van der Waals surface area contributed by atoms with Gasteiger partial charge in [-0.2, -0.15) is 5.10 Å². The molecule has 1 aromatic heterocycles. The van der Waals surface area contributed by atoms with E-state index in [2.05, 4.69) is 26.1 Å². The first-order valence-corrected chi connectivity index (χ1v) is 6.04. The number of halogens is 1. The summed E-state index contributed by atoms with van der Waals surface area (Å²) in [4.78, 5) is 11.5. The third-order valence-corrected chi connectivity index (χ3v) is 3.97. The lowest BCUT2D eigenvalue weighted by atomic mass is 9.70. The molecule has 6 heteroatoms. The molecular formula is C10H14BrN3O2. The fourth-order valence-electron chi connectivity index (χ4n) is 2.31. The molecule has 4 N–H and O–H groups in total. The Morgan fingerprint density at radius 1 is 1.62 bits per heavy atom. The minimum absolute atomic E-state index is 0.120. The Morgan fingerprint density at radius 2 is 2.25 bits per heavy atom. The van der Waals surface area contributed by atoms with E-state index in [-0.39, 0.29) is 6.04 Å². The largest absolute Gasteiger partial charge is 0.481 e. The lowest BCUT2D eigenvalue weighted by Gasteiger charge is -2.34. The Morgan fingerprint density at radius 3 is 2.69 bits per heavy atom. The topological polar surface area (TPSA) is 92.0 Å². The van der Waals surface area contributed by atoms with Crippen LogP contribution in [0.15, 0.2) is 10.7 Å². The van der Waals surface area contributed by atoms with Gasteiger partial charge in [0.15, 0.2) is 0 Å². The van der Waals surface area contributed by atoms with Gasteiger partial charge in [0.2, 0.25) is 0 Å². The Kier molecular flexibility index (Phi) is 3.03. The summed E-state index contributed by atoms with van der Waals surface area (Å²) in [6.45, 7) is 0. The number of carbonyl (C=O) groups is 1. The Bertz CT molecular complexity index is 397. The summed E-state index contributed by atoms with van der Waals surface area (Å²) in [5.74, 6) is -0.802. The number of carboxylic acids is 1. The first-order chi connectivity index (χ1) is 7.56. The van der Waals surface area contributed by atoms with Crippen molar-refractivity contribution in [2.75, 3.05) is 0 Å². The third-order valence-electron chi connectivity index (χ3n) is 3.36. The predicted molar refractivity (Wildman–Crippen MR) is 62.0 cm³/mol. The number of carboxylic acid groups (broad SMARTS) is 1. The zero-order valence-electron chi connectivity index (χ0n) is 8.74. The highest BCUT2D eigenvalue weighted by Gasteiger charge is 2.45. The molecule has 0 saturated heterocycles. The number of aliphatic carboxylic acids is 1. The van der Waals surface area contributed by atoms with Crippen molar-refractivity contribution >= 4 is 21.9 Å². The van der Waals surface area contributed by atoms with Crippen LogP contribution in [-0.2, 0) is 10.2 Å². The van der Waals surface area contributed by atoms with Crippen molar-refractivity contribution in [1.82, 2.24) is 10.2 Å². The van der Waals surface area contributed by atoms with Gasteiger partial charge in [0.25, 0.3) is 0 Å². The van der Waals surface area contributed by atoms with E-state index in [4.69, 9.17) is 5.73 Å². The molecule has 1 fully saturated rings. The second kappa shape index (κ2) is 4.18. The number of nitrogens with one attached hydrogen (secondary N) is 1. The molecule has 1 aliphatic carbocycles. The molecule has 1 heterocycles. The van der Waals surface area contributed by atoms with Crippen LogP contribution in [0.25, 0.3) is 0 Å². The van der Waals surface area contributed by atoms with E-state index >= 15 is 0 Å². The van der Waals surface area contributed by atoms with E-state index in [1.54, 1.807) is 6.20 Å². The van der Waals surface area contributed by atoms with Gasteiger partial charge in [-0.3, -0.25) is 9.89 Å². The van der Waals surface area contributed by atoms with Crippen molar-refractivity contribution in [3.05, 3.63) is 16.4 Å². The fraction of sp³-hybridized carbons (Fsp3) is 0.600. The molecule has 0 spiro atoms. The lowest BCUT2D eigenvalue weighted by Crippen LogP contribution is -2.43. The van der Waals surface area contributed by atoms with Crippen LogP contribution in [0.1, 0.15) is 31.4 Å². The van der Waals surface area contributed by atoms with E-state index in [0.29, 0.717) is 18.5 Å². The van der Waals surface area contributed by atoms with Crippen LogP contribution in [0.5, 0.6) is 0 Å². The average molecular weight is 288 g/mol. The summed E-state index contributed by atoms with van der Waals surface area (Å²) in [6.07, 6.45) is 4.18. The normalized spacial score (nSPS) is 30.2. The van der Waals surface area contributed by atoms with Crippen molar-refractivity contribution in [2.45, 2.75) is 37.1 Å². The zero-order valence-corrected chi connectivity index (χ0v) is 10.3. The molecule has 0 radical (unpaired) electrons. The van der Waals surface area contributed by atoms with E-state index < -0.39 is 11.4 Å². The van der Waals surface area contributed by atoms with E-state index in [0.717, 1.165) is 17.3 Å². The number of rotatable bonds is 2. The number of nitrogens with two attached hydrogens (primary N) is 1. The molecule has 1 aromatic rings. The van der Waals surface area contributed by atoms with Gasteiger partial charge in [-0.05, 0) is 41.6 Å². The molecule has 0 unspecified atom stereocenters. The zero-order chi connectivity index (χ0) is 11.8. The summed E-state index contributed by atoms with van der Waals surface area (Å²) >= 11 is 3.33. The average Bonchev–Trinajstić information content (AvgIpc) is 2.66. The second-order valence-electron chi connectivity index (χ2n) is 4.32. The highest BCUT2D eigenvalue weighted by atomic mass is 79.9. The summed E-state index contributed by atoms with van der Waals surface area (Å²) in [5.41, 5.74) is 5.62. The molecule has 16 heavy (non-hydrogen) atoms. The SMILES string of the molecule is NC1CCC(C(=O)O)(c2[nH]ncc2Br)CC1. The van der Waals surface area contributed by atoms with E-state index in [1.807, 2.05) is 0 Å². The van der Waals surface area contributed by atoms with Crippen LogP contribution in [0, 0.1) is 0 Å². The van der Waals surface area contributed by atoms with E-state index in [9.17, 15) is 9.90 Å². The van der Waals surface area contributed by atoms with Crippen LogP contribution < -0.4 is 5.73 Å². The minimum atomic E-state index is -0.856. The monoisotopic (exact) mass is 287 g/mol. The second-order valence-corrected chi connectivity index (χ2v) is 5.17. The number of aromatic nitrogens is 2. The van der Waals surface area contributed by atoms with Crippen molar-refractivity contribution in [2.24, 2.45) is 5.73 Å². The van der Waals surface area contributed by atoms with Gasteiger partial charge in [0.1, 0.15) is 5.41 Å². The van der Waals surface area contributed by atoms with Gasteiger partial charge in [0.05, 0.1) is 16.4 Å². The number of H-pyrrole nitrogens is 1. The first kappa shape index (κ1) is 11.6. The summed E-state index contributed by atoms with van der Waals surface area (Å²) in [5, 5.41) is 16.1. The fourth-order valence-corrected chi connectivity index (χ4v) is 2.88. The highest BCUT2D eigenvalue weighted by Crippen LogP contribution is 2.41. The van der Waals surface area contributed by atoms with Crippen LogP contribution >= 0.6 is 15.9 Å². The molecule has 5 nitrogen and oxygen atoms in total. The van der Waals surface area contributed by atoms with Crippen LogP contribution in [-0.4, -0.2) is 27.3 Å². The minimum Gasteiger partial charge on any atom is -0.481 e. The van der Waals surface area contributed by atoms with Crippen LogP contribution in [0.3, 0.4) is 0 Å². The first-order valence-electron chi connectivity index (χ1n) is 5.24. The van der Waals surface area contributed by atoms with Gasteiger partial charge in [-0.25, -0.2) is 0 Å². The van der Waals surface area contributed by atoms with Crippen molar-refractivity contribution in [3.63, 3.8) is 0 Å². The molecule has 1 aliphatic rings. The maximum Gasteiger partial charge on any atom is 0.315 e. The standard InChI is InChI=1S/C10H14BrN3O2/c11-7-5-13-14-8(7)10(9(15)16)3-1-6(12)2-4-10/h5-6H,1-4,12H2,(H,13,14)(H,15,16). The molecule has 0 atom stereocenters. The lowest BCUT2D eigenvalue weighted by molar-refractivity contribution is -0.145. The molecule has 0 bridgehead atoms. The van der Waals surface area contributed by atoms with Crippen molar-refractivity contribution < 1.29 is 9.90 Å². The smallest absolute Gasteiger partial charge is 0.315 e. The van der Waals surface area contributed by atoms with Crippen LogP contribution in [0.4, 0.5) is 0 Å². The molecule has 0 amide bonds. The van der Waals surface area contributed by atoms with Gasteiger partial charge >= 0.3 is 5.97 Å². The van der Waals surface area contributed by atoms with Gasteiger partial charge in [-0.1, -0.05) is 0 Å². The number of aromatic amines is 1. The molecule has 1 saturated carbocycles. The summed E-state index contributed by atoms with van der Waals surface area (Å²) in [6, 6.07) is 0.120. The van der Waals surface area contributed by atoms with E-state index in [1.165, 1.54) is 0 Å². The summed E-state index contributed by atoms with van der Waals surface area (Å²) < 4.78 is 0.727. The highest BCUT2D eigenvalue weighted by molar-refractivity contribution is 9.10. The Balaban J connectivity index is 2.37. The Labute approximate surface area is 102 Å². The number of hydrogen-bond acceptors (Lipinski definition) is 3. The third kappa shape index (κ3) is 1.76. The predicted octanol–water partition coefficient (Wildman–Crippen LogP) is 1.40. The maximum absolute atomic E-state index is 11.5. The summed E-state index contributed by atoms with van der Waals surface area (Å²) in [7, 11) is 0. The molecule has 0 aromatic carbocycles. The molecule has 0 aliphatic heterocycles. The van der Waals surface area contributed by atoms with Gasteiger partial charge in [-0.15, -0.1) is 0 Å². The number of hydrogen-bond donors (Lipinski definition) is 3. The molecule has 2 rings (SSSR count). The van der Waals surface area contributed by atoms with Gasteiger partial charge in [0, 0.05) is 6.04 Å².